The van der Waals surface area contributed by atoms with E-state index in [1.54, 1.807) is 0 Å². The summed E-state index contributed by atoms with van der Waals surface area (Å²) in [7, 11) is 6.36. The van der Waals surface area contributed by atoms with Crippen LogP contribution in [0.1, 0.15) is 40.0 Å². The first-order chi connectivity index (χ1) is 8.21. The molecule has 1 aliphatic carbocycles. The molecular weight excluding hydrogens is 224 g/mol. The number of rotatable bonds is 4. The molecule has 3 unspecified atom stereocenters. The predicted molar refractivity (Wildman–Crippen MR) is 77.8 cm³/mol. The zero-order valence-corrected chi connectivity index (χ0v) is 13.1. The second-order valence-corrected chi connectivity index (χ2v) is 7.29. The highest BCUT2D eigenvalue weighted by molar-refractivity contribution is 4.90. The molecule has 1 saturated carbocycles. The van der Waals surface area contributed by atoms with E-state index in [1.807, 2.05) is 0 Å². The summed E-state index contributed by atoms with van der Waals surface area (Å²) < 4.78 is 0. The van der Waals surface area contributed by atoms with Crippen LogP contribution in [-0.2, 0) is 0 Å². The minimum atomic E-state index is -0.143. The van der Waals surface area contributed by atoms with Crippen LogP contribution in [0.5, 0.6) is 0 Å². The zero-order valence-electron chi connectivity index (χ0n) is 13.1. The standard InChI is InChI=1S/C15H32N2O/c1-15(2,3)12-7-8-14(18)13(11-12)17(6)10-9-16(4)5/h12-14,18H,7-11H2,1-6H3. The van der Waals surface area contributed by atoms with Gasteiger partial charge in [-0.1, -0.05) is 20.8 Å². The molecule has 18 heavy (non-hydrogen) atoms. The van der Waals surface area contributed by atoms with E-state index in [9.17, 15) is 5.11 Å². The molecule has 0 amide bonds. The Kier molecular flexibility index (Phi) is 5.63. The molecule has 0 aromatic heterocycles. The van der Waals surface area contributed by atoms with Gasteiger partial charge >= 0.3 is 0 Å². The van der Waals surface area contributed by atoms with Crippen molar-refractivity contribution in [1.29, 1.82) is 0 Å². The monoisotopic (exact) mass is 256 g/mol. The van der Waals surface area contributed by atoms with Crippen LogP contribution in [-0.4, -0.2) is 61.3 Å². The topological polar surface area (TPSA) is 26.7 Å². The minimum absolute atomic E-state index is 0.143. The van der Waals surface area contributed by atoms with E-state index in [-0.39, 0.29) is 6.10 Å². The summed E-state index contributed by atoms with van der Waals surface area (Å²) in [6.07, 6.45) is 3.12. The predicted octanol–water partition coefficient (Wildman–Crippen LogP) is 2.06. The lowest BCUT2D eigenvalue weighted by molar-refractivity contribution is -0.00888. The summed E-state index contributed by atoms with van der Waals surface area (Å²) in [4.78, 5) is 4.55. The number of hydrogen-bond donors (Lipinski definition) is 1. The van der Waals surface area contributed by atoms with Gasteiger partial charge in [-0.15, -0.1) is 0 Å². The van der Waals surface area contributed by atoms with Crippen LogP contribution in [0, 0.1) is 11.3 Å². The van der Waals surface area contributed by atoms with Crippen molar-refractivity contribution in [3.8, 4) is 0 Å². The molecule has 3 heteroatoms. The van der Waals surface area contributed by atoms with Gasteiger partial charge in [0.2, 0.25) is 0 Å². The van der Waals surface area contributed by atoms with Crippen molar-refractivity contribution < 1.29 is 5.11 Å². The molecule has 3 atom stereocenters. The molecule has 0 saturated heterocycles. The van der Waals surface area contributed by atoms with Crippen molar-refractivity contribution in [3.05, 3.63) is 0 Å². The van der Waals surface area contributed by atoms with E-state index in [1.165, 1.54) is 6.42 Å². The van der Waals surface area contributed by atoms with Crippen molar-refractivity contribution >= 4 is 0 Å². The van der Waals surface area contributed by atoms with E-state index in [0.29, 0.717) is 11.5 Å². The molecule has 3 nitrogen and oxygen atoms in total. The van der Waals surface area contributed by atoms with Crippen molar-refractivity contribution in [1.82, 2.24) is 9.80 Å². The van der Waals surface area contributed by atoms with Gasteiger partial charge in [0.25, 0.3) is 0 Å². The first-order valence-corrected chi connectivity index (χ1v) is 7.25. The highest BCUT2D eigenvalue weighted by Gasteiger charge is 2.36. The maximum absolute atomic E-state index is 10.2. The summed E-state index contributed by atoms with van der Waals surface area (Å²) in [6.45, 7) is 9.07. The Hall–Kier alpha value is -0.120. The van der Waals surface area contributed by atoms with Gasteiger partial charge in [-0.3, -0.25) is 4.90 Å². The normalized spacial score (nSPS) is 30.2. The fourth-order valence-corrected chi connectivity index (χ4v) is 2.91. The van der Waals surface area contributed by atoms with Gasteiger partial charge in [-0.05, 0) is 51.7 Å². The van der Waals surface area contributed by atoms with Crippen LogP contribution >= 0.6 is 0 Å². The lowest BCUT2D eigenvalue weighted by Crippen LogP contribution is -2.49. The van der Waals surface area contributed by atoms with E-state index < -0.39 is 0 Å². The van der Waals surface area contributed by atoms with Crippen LogP contribution in [0.15, 0.2) is 0 Å². The van der Waals surface area contributed by atoms with Gasteiger partial charge in [0.15, 0.2) is 0 Å². The number of aliphatic hydroxyl groups is 1. The Balaban J connectivity index is 2.56. The summed E-state index contributed by atoms with van der Waals surface area (Å²) in [5, 5.41) is 10.2. The molecular formula is C15H32N2O. The molecule has 0 aromatic carbocycles. The molecule has 0 radical (unpaired) electrons. The second kappa shape index (κ2) is 6.36. The third-order valence-electron chi connectivity index (χ3n) is 4.47. The average Bonchev–Trinajstić information content (AvgIpc) is 2.24. The van der Waals surface area contributed by atoms with Crippen LogP contribution in [0.4, 0.5) is 0 Å². The van der Waals surface area contributed by atoms with Gasteiger partial charge in [0.05, 0.1) is 6.10 Å². The smallest absolute Gasteiger partial charge is 0.0695 e. The Labute approximate surface area is 113 Å². The SMILES string of the molecule is CN(C)CCN(C)C1CC(C(C)(C)C)CCC1O. The number of likely N-dealkylation sites (N-methyl/N-ethyl adjacent to an activating group) is 2. The van der Waals surface area contributed by atoms with Gasteiger partial charge in [-0.25, -0.2) is 0 Å². The molecule has 1 rings (SSSR count). The molecule has 0 bridgehead atoms. The first kappa shape index (κ1) is 15.9. The van der Waals surface area contributed by atoms with Gasteiger partial charge in [0, 0.05) is 19.1 Å². The van der Waals surface area contributed by atoms with E-state index in [2.05, 4.69) is 51.7 Å². The van der Waals surface area contributed by atoms with Gasteiger partial charge < -0.3 is 10.0 Å². The fourth-order valence-electron chi connectivity index (χ4n) is 2.91. The Morgan fingerprint density at radius 2 is 1.67 bits per heavy atom. The van der Waals surface area contributed by atoms with E-state index >= 15 is 0 Å². The largest absolute Gasteiger partial charge is 0.391 e. The molecule has 1 aliphatic rings. The molecule has 108 valence electrons. The van der Waals surface area contributed by atoms with Crippen LogP contribution in [0.2, 0.25) is 0 Å². The maximum Gasteiger partial charge on any atom is 0.0695 e. The van der Waals surface area contributed by atoms with E-state index in [0.717, 1.165) is 31.8 Å². The van der Waals surface area contributed by atoms with E-state index in [4.69, 9.17) is 0 Å². The number of nitrogens with zero attached hydrogens (tertiary/aromatic N) is 2. The zero-order chi connectivity index (χ0) is 13.9. The number of hydrogen-bond acceptors (Lipinski definition) is 3. The van der Waals surface area contributed by atoms with Crippen molar-refractivity contribution in [3.63, 3.8) is 0 Å². The van der Waals surface area contributed by atoms with Gasteiger partial charge in [-0.2, -0.15) is 0 Å². The summed E-state index contributed by atoms with van der Waals surface area (Å²) in [5.74, 6) is 0.729. The minimum Gasteiger partial charge on any atom is -0.391 e. The molecule has 1 N–H and O–H groups in total. The first-order valence-electron chi connectivity index (χ1n) is 7.25. The molecule has 0 spiro atoms. The Morgan fingerprint density at radius 1 is 1.06 bits per heavy atom. The number of aliphatic hydroxyl groups excluding tert-OH is 1. The third-order valence-corrected chi connectivity index (χ3v) is 4.47. The van der Waals surface area contributed by atoms with Crippen LogP contribution in [0.25, 0.3) is 0 Å². The Morgan fingerprint density at radius 3 is 2.17 bits per heavy atom. The third kappa shape index (κ3) is 4.52. The fraction of sp³-hybridized carbons (Fsp3) is 1.00. The lowest BCUT2D eigenvalue weighted by Gasteiger charge is -2.43. The summed E-state index contributed by atoms with van der Waals surface area (Å²) in [5.41, 5.74) is 0.362. The van der Waals surface area contributed by atoms with Crippen molar-refractivity contribution in [2.75, 3.05) is 34.2 Å². The lowest BCUT2D eigenvalue weighted by atomic mass is 9.70. The van der Waals surface area contributed by atoms with Crippen molar-refractivity contribution in [2.45, 2.75) is 52.2 Å². The van der Waals surface area contributed by atoms with Crippen LogP contribution in [0.3, 0.4) is 0 Å². The highest BCUT2D eigenvalue weighted by Crippen LogP contribution is 2.39. The molecule has 0 aromatic rings. The Bertz CT molecular complexity index is 247. The summed E-state index contributed by atoms with van der Waals surface area (Å²) in [6, 6.07) is 0.336. The molecule has 1 fully saturated rings. The molecule has 0 aliphatic heterocycles. The quantitative estimate of drug-likeness (QED) is 0.834. The molecule has 0 heterocycles. The second-order valence-electron chi connectivity index (χ2n) is 7.29. The van der Waals surface area contributed by atoms with Gasteiger partial charge in [0.1, 0.15) is 0 Å². The highest BCUT2D eigenvalue weighted by atomic mass is 16.3. The maximum atomic E-state index is 10.2. The van der Waals surface area contributed by atoms with Crippen LogP contribution < -0.4 is 0 Å². The average molecular weight is 256 g/mol. The summed E-state index contributed by atoms with van der Waals surface area (Å²) >= 11 is 0. The van der Waals surface area contributed by atoms with Crippen molar-refractivity contribution in [2.24, 2.45) is 11.3 Å².